The summed E-state index contributed by atoms with van der Waals surface area (Å²) in [6, 6.07) is 7.36. The van der Waals surface area contributed by atoms with Gasteiger partial charge in [0.25, 0.3) is 0 Å². The van der Waals surface area contributed by atoms with E-state index in [0.717, 1.165) is 25.4 Å². The van der Waals surface area contributed by atoms with Crippen LogP contribution >= 0.6 is 0 Å². The van der Waals surface area contributed by atoms with Gasteiger partial charge in [-0.3, -0.25) is 0 Å². The van der Waals surface area contributed by atoms with Gasteiger partial charge >= 0.3 is 0 Å². The lowest BCUT2D eigenvalue weighted by Crippen LogP contribution is -2.25. The van der Waals surface area contributed by atoms with Crippen LogP contribution in [0.1, 0.15) is 52.0 Å². The van der Waals surface area contributed by atoms with E-state index in [-0.39, 0.29) is 0 Å². The van der Waals surface area contributed by atoms with Crippen molar-refractivity contribution in [2.45, 2.75) is 59.0 Å². The Morgan fingerprint density at radius 2 is 1.86 bits per heavy atom. The second-order valence-corrected chi connectivity index (χ2v) is 5.77. The van der Waals surface area contributed by atoms with Crippen molar-refractivity contribution in [3.05, 3.63) is 23.8 Å². The topological polar surface area (TPSA) is 24.5 Å². The zero-order valence-electron chi connectivity index (χ0n) is 13.8. The maximum Gasteiger partial charge on any atom is 0.142 e. The number of hydrogen-bond donors (Lipinski definition) is 1. The quantitative estimate of drug-likeness (QED) is 0.784. The van der Waals surface area contributed by atoms with E-state index in [9.17, 15) is 0 Å². The first-order valence-corrected chi connectivity index (χ1v) is 8.52. The fourth-order valence-electron chi connectivity index (χ4n) is 3.16. The Labute approximate surface area is 129 Å². The van der Waals surface area contributed by atoms with Gasteiger partial charge in [-0.15, -0.1) is 0 Å². The number of ether oxygens (including phenoxy) is 1. The van der Waals surface area contributed by atoms with E-state index in [1.54, 1.807) is 0 Å². The molecule has 2 rings (SSSR count). The summed E-state index contributed by atoms with van der Waals surface area (Å²) in [5.74, 6) is 1.02. The summed E-state index contributed by atoms with van der Waals surface area (Å²) < 4.78 is 5.86. The Kier molecular flexibility index (Phi) is 6.37. The first-order valence-electron chi connectivity index (χ1n) is 8.52. The minimum absolute atomic E-state index is 0.711. The van der Waals surface area contributed by atoms with Crippen molar-refractivity contribution in [2.24, 2.45) is 0 Å². The highest BCUT2D eigenvalue weighted by Crippen LogP contribution is 2.30. The van der Waals surface area contributed by atoms with Crippen molar-refractivity contribution in [1.29, 1.82) is 0 Å². The second kappa shape index (κ2) is 8.28. The fourth-order valence-corrected chi connectivity index (χ4v) is 3.16. The molecule has 1 saturated carbocycles. The lowest BCUT2D eigenvalue weighted by atomic mass is 10.1. The Morgan fingerprint density at radius 3 is 2.48 bits per heavy atom. The maximum atomic E-state index is 5.86. The zero-order chi connectivity index (χ0) is 15.1. The molecule has 0 saturated heterocycles. The summed E-state index contributed by atoms with van der Waals surface area (Å²) >= 11 is 0. The molecule has 1 fully saturated rings. The molecule has 0 amide bonds. The molecule has 21 heavy (non-hydrogen) atoms. The van der Waals surface area contributed by atoms with Gasteiger partial charge in [0.05, 0.1) is 12.3 Å². The van der Waals surface area contributed by atoms with E-state index >= 15 is 0 Å². The van der Waals surface area contributed by atoms with Gasteiger partial charge in [0, 0.05) is 25.7 Å². The third-order valence-electron chi connectivity index (χ3n) is 4.38. The number of anilines is 1. The molecule has 0 spiro atoms. The molecule has 0 bridgehead atoms. The highest BCUT2D eigenvalue weighted by atomic mass is 16.5. The standard InChI is InChI=1S/C18H30N2O/c1-4-20(5-2)17-12-11-15(13-18(17)21-6-3)14-19-16-9-7-8-10-16/h11-13,16,19H,4-10,14H2,1-3H3. The van der Waals surface area contributed by atoms with Crippen LogP contribution in [0.25, 0.3) is 0 Å². The van der Waals surface area contributed by atoms with Gasteiger partial charge in [-0.25, -0.2) is 0 Å². The predicted octanol–water partition coefficient (Wildman–Crippen LogP) is 3.96. The Balaban J connectivity index is 2.06. The van der Waals surface area contributed by atoms with E-state index in [2.05, 4.69) is 49.2 Å². The largest absolute Gasteiger partial charge is 0.492 e. The molecule has 1 N–H and O–H groups in total. The smallest absolute Gasteiger partial charge is 0.142 e. The lowest BCUT2D eigenvalue weighted by Gasteiger charge is -2.24. The van der Waals surface area contributed by atoms with Crippen molar-refractivity contribution in [2.75, 3.05) is 24.6 Å². The van der Waals surface area contributed by atoms with Crippen molar-refractivity contribution in [3.63, 3.8) is 0 Å². The molecule has 0 aliphatic heterocycles. The van der Waals surface area contributed by atoms with Crippen LogP contribution < -0.4 is 15.0 Å². The fraction of sp³-hybridized carbons (Fsp3) is 0.667. The Hall–Kier alpha value is -1.22. The summed E-state index contributed by atoms with van der Waals surface area (Å²) in [5.41, 5.74) is 2.53. The molecule has 1 aromatic rings. The van der Waals surface area contributed by atoms with E-state index in [4.69, 9.17) is 4.74 Å². The maximum absolute atomic E-state index is 5.86. The van der Waals surface area contributed by atoms with Gasteiger partial charge in [0.15, 0.2) is 0 Å². The Morgan fingerprint density at radius 1 is 1.14 bits per heavy atom. The van der Waals surface area contributed by atoms with E-state index in [1.807, 2.05) is 0 Å². The summed E-state index contributed by atoms with van der Waals surface area (Å²) in [5, 5.41) is 3.67. The van der Waals surface area contributed by atoms with Gasteiger partial charge in [-0.1, -0.05) is 18.9 Å². The van der Waals surface area contributed by atoms with Crippen LogP contribution in [0, 0.1) is 0 Å². The van der Waals surface area contributed by atoms with Gasteiger partial charge in [0.2, 0.25) is 0 Å². The van der Waals surface area contributed by atoms with Gasteiger partial charge in [-0.05, 0) is 51.3 Å². The minimum atomic E-state index is 0.711. The zero-order valence-corrected chi connectivity index (χ0v) is 13.8. The number of benzene rings is 1. The van der Waals surface area contributed by atoms with Gasteiger partial charge < -0.3 is 15.0 Å². The van der Waals surface area contributed by atoms with Crippen molar-refractivity contribution in [1.82, 2.24) is 5.32 Å². The van der Waals surface area contributed by atoms with Gasteiger partial charge in [0.1, 0.15) is 5.75 Å². The summed E-state index contributed by atoms with van der Waals surface area (Å²) in [4.78, 5) is 2.35. The highest BCUT2D eigenvalue weighted by molar-refractivity contribution is 5.59. The van der Waals surface area contributed by atoms with E-state index < -0.39 is 0 Å². The van der Waals surface area contributed by atoms with Crippen LogP contribution in [0.5, 0.6) is 5.75 Å². The van der Waals surface area contributed by atoms with E-state index in [0.29, 0.717) is 12.6 Å². The highest BCUT2D eigenvalue weighted by Gasteiger charge is 2.15. The number of rotatable bonds is 8. The second-order valence-electron chi connectivity index (χ2n) is 5.77. The number of nitrogens with zero attached hydrogens (tertiary/aromatic N) is 1. The molecule has 0 aromatic heterocycles. The first-order chi connectivity index (χ1) is 10.3. The van der Waals surface area contributed by atoms with Crippen LogP contribution in [0.4, 0.5) is 5.69 Å². The van der Waals surface area contributed by atoms with Crippen LogP contribution in [0.3, 0.4) is 0 Å². The van der Waals surface area contributed by atoms with Crippen molar-refractivity contribution >= 4 is 5.69 Å². The third-order valence-corrected chi connectivity index (χ3v) is 4.38. The first kappa shape index (κ1) is 16.2. The molecular formula is C18H30N2O. The van der Waals surface area contributed by atoms with E-state index in [1.165, 1.54) is 36.9 Å². The third kappa shape index (κ3) is 4.37. The minimum Gasteiger partial charge on any atom is -0.492 e. The van der Waals surface area contributed by atoms with Crippen LogP contribution in [0.15, 0.2) is 18.2 Å². The molecule has 0 atom stereocenters. The molecule has 1 aliphatic rings. The molecule has 0 heterocycles. The molecular weight excluding hydrogens is 260 g/mol. The van der Waals surface area contributed by atoms with Crippen molar-refractivity contribution in [3.8, 4) is 5.75 Å². The summed E-state index contributed by atoms with van der Waals surface area (Å²) in [6.45, 7) is 10.1. The molecule has 0 radical (unpaired) electrons. The molecule has 0 unspecified atom stereocenters. The Bertz CT molecular complexity index is 423. The average molecular weight is 290 g/mol. The van der Waals surface area contributed by atoms with Crippen molar-refractivity contribution < 1.29 is 4.74 Å². The van der Waals surface area contributed by atoms with Crippen LogP contribution in [-0.2, 0) is 6.54 Å². The average Bonchev–Trinajstić information content (AvgIpc) is 3.02. The molecule has 3 heteroatoms. The van der Waals surface area contributed by atoms with Crippen LogP contribution in [-0.4, -0.2) is 25.7 Å². The number of nitrogens with one attached hydrogen (secondary N) is 1. The molecule has 118 valence electrons. The monoisotopic (exact) mass is 290 g/mol. The normalized spacial score (nSPS) is 15.4. The summed E-state index contributed by atoms with van der Waals surface area (Å²) in [6.07, 6.45) is 5.41. The summed E-state index contributed by atoms with van der Waals surface area (Å²) in [7, 11) is 0. The molecule has 1 aliphatic carbocycles. The van der Waals surface area contributed by atoms with Gasteiger partial charge in [-0.2, -0.15) is 0 Å². The SMILES string of the molecule is CCOc1cc(CNC2CCCC2)ccc1N(CC)CC. The lowest BCUT2D eigenvalue weighted by molar-refractivity contribution is 0.340. The predicted molar refractivity (Wildman–Crippen MR) is 90.3 cm³/mol. The van der Waals surface area contributed by atoms with Crippen LogP contribution in [0.2, 0.25) is 0 Å². The number of hydrogen-bond acceptors (Lipinski definition) is 3. The molecule has 3 nitrogen and oxygen atoms in total. The molecule has 1 aromatic carbocycles.